The first-order valence-corrected chi connectivity index (χ1v) is 11.0. The molecule has 1 N–H and O–H groups in total. The van der Waals surface area contributed by atoms with Crippen molar-refractivity contribution in [1.29, 1.82) is 0 Å². The van der Waals surface area contributed by atoms with Crippen LogP contribution in [0.25, 0.3) is 22.5 Å². The fourth-order valence-corrected chi connectivity index (χ4v) is 4.33. The number of H-pyrrole nitrogens is 1. The molecule has 1 saturated heterocycles. The van der Waals surface area contributed by atoms with Crippen molar-refractivity contribution in [2.24, 2.45) is 0 Å². The van der Waals surface area contributed by atoms with Gasteiger partial charge < -0.3 is 14.4 Å². The molecule has 6 heteroatoms. The first kappa shape index (κ1) is 19.3. The topological polar surface area (TPSA) is 58.0 Å². The van der Waals surface area contributed by atoms with Crippen LogP contribution in [0.3, 0.4) is 0 Å². The van der Waals surface area contributed by atoms with Crippen LogP contribution < -0.4 is 0 Å². The van der Waals surface area contributed by atoms with Gasteiger partial charge in [-0.3, -0.25) is 0 Å². The molecule has 0 unspecified atom stereocenters. The Morgan fingerprint density at radius 3 is 2.67 bits per heavy atom. The minimum absolute atomic E-state index is 0.544. The van der Waals surface area contributed by atoms with Crippen molar-refractivity contribution in [3.63, 3.8) is 0 Å². The van der Waals surface area contributed by atoms with Crippen molar-refractivity contribution in [1.82, 2.24) is 20.0 Å². The second-order valence-electron chi connectivity index (χ2n) is 8.00. The second-order valence-corrected chi connectivity index (χ2v) is 8.44. The first-order chi connectivity index (χ1) is 14.7. The van der Waals surface area contributed by atoms with Crippen LogP contribution in [-0.4, -0.2) is 39.7 Å². The Labute approximate surface area is 181 Å². The molecule has 1 aliphatic heterocycles. The molecular weight excluding hydrogens is 396 g/mol. The molecule has 154 valence electrons. The molecule has 30 heavy (non-hydrogen) atoms. The van der Waals surface area contributed by atoms with Crippen molar-refractivity contribution < 1.29 is 4.52 Å². The third-order valence-corrected chi connectivity index (χ3v) is 6.15. The highest BCUT2D eigenvalue weighted by Gasteiger charge is 2.15. The van der Waals surface area contributed by atoms with Gasteiger partial charge in [-0.1, -0.05) is 41.0 Å². The van der Waals surface area contributed by atoms with Gasteiger partial charge >= 0.3 is 0 Å². The summed E-state index contributed by atoms with van der Waals surface area (Å²) in [6.45, 7) is 3.58. The molecule has 2 aromatic carbocycles. The van der Waals surface area contributed by atoms with Crippen molar-refractivity contribution in [2.45, 2.75) is 32.1 Å². The predicted molar refractivity (Wildman–Crippen MR) is 120 cm³/mol. The first-order valence-electron chi connectivity index (χ1n) is 10.6. The number of rotatable bonds is 7. The highest BCUT2D eigenvalue weighted by Crippen LogP contribution is 2.26. The lowest BCUT2D eigenvalue weighted by atomic mass is 10.1. The number of nitrogens with zero attached hydrogens (tertiary/aromatic N) is 3. The molecule has 4 aromatic rings. The summed E-state index contributed by atoms with van der Waals surface area (Å²) in [7, 11) is 0. The summed E-state index contributed by atoms with van der Waals surface area (Å²) in [4.78, 5) is 10.6. The van der Waals surface area contributed by atoms with Gasteiger partial charge in [0.15, 0.2) is 5.82 Å². The third kappa shape index (κ3) is 4.27. The third-order valence-electron chi connectivity index (χ3n) is 5.90. The number of halogens is 1. The molecule has 5 rings (SSSR count). The molecule has 2 aromatic heterocycles. The summed E-state index contributed by atoms with van der Waals surface area (Å²) in [6, 6.07) is 16.5. The fraction of sp³-hybridized carbons (Fsp3) is 0.333. The zero-order valence-electron chi connectivity index (χ0n) is 16.9. The van der Waals surface area contributed by atoms with E-state index in [0.717, 1.165) is 42.0 Å². The molecule has 0 aliphatic carbocycles. The van der Waals surface area contributed by atoms with Gasteiger partial charge in [0.2, 0.25) is 0 Å². The van der Waals surface area contributed by atoms with E-state index in [-0.39, 0.29) is 0 Å². The van der Waals surface area contributed by atoms with Crippen molar-refractivity contribution in [2.75, 3.05) is 19.6 Å². The minimum Gasteiger partial charge on any atom is -0.351 e. The Balaban J connectivity index is 1.30. The number of fused-ring (bicyclic) bond motifs is 1. The smallest absolute Gasteiger partial charge is 0.274 e. The Bertz CT molecular complexity index is 1130. The van der Waals surface area contributed by atoms with E-state index in [1.165, 1.54) is 42.4 Å². The maximum Gasteiger partial charge on any atom is 0.274 e. The average molecular weight is 421 g/mol. The lowest BCUT2D eigenvalue weighted by Gasteiger charge is -2.14. The van der Waals surface area contributed by atoms with Gasteiger partial charge in [-0.05, 0) is 74.2 Å². The van der Waals surface area contributed by atoms with Gasteiger partial charge in [0, 0.05) is 28.9 Å². The average Bonchev–Trinajstić information content (AvgIpc) is 3.52. The van der Waals surface area contributed by atoms with Gasteiger partial charge in [0.1, 0.15) is 5.69 Å². The van der Waals surface area contributed by atoms with Crippen molar-refractivity contribution in [3.8, 4) is 11.6 Å². The number of benzene rings is 2. The highest BCUT2D eigenvalue weighted by atomic mass is 35.5. The fourth-order valence-electron chi connectivity index (χ4n) is 4.21. The molecule has 0 bridgehead atoms. The van der Waals surface area contributed by atoms with E-state index in [1.54, 1.807) is 0 Å². The molecular formula is C24H25ClN4O. The molecule has 0 atom stereocenters. The number of hydrogen-bond donors (Lipinski definition) is 1. The van der Waals surface area contributed by atoms with Crippen LogP contribution in [0.4, 0.5) is 0 Å². The predicted octanol–water partition coefficient (Wildman–Crippen LogP) is 5.29. The Morgan fingerprint density at radius 1 is 1.00 bits per heavy atom. The van der Waals surface area contributed by atoms with Gasteiger partial charge in [0.05, 0.1) is 0 Å². The number of aryl methyl sites for hydroxylation is 2. The van der Waals surface area contributed by atoms with E-state index in [0.29, 0.717) is 11.7 Å². The lowest BCUT2D eigenvalue weighted by molar-refractivity contribution is 0.344. The van der Waals surface area contributed by atoms with E-state index >= 15 is 0 Å². The number of aromatic nitrogens is 3. The van der Waals surface area contributed by atoms with Crippen LogP contribution in [0.2, 0.25) is 5.02 Å². The molecule has 0 radical (unpaired) electrons. The summed E-state index contributed by atoms with van der Waals surface area (Å²) in [5.74, 6) is 1.26. The van der Waals surface area contributed by atoms with E-state index in [4.69, 9.17) is 16.1 Å². The van der Waals surface area contributed by atoms with Crippen LogP contribution in [0.5, 0.6) is 0 Å². The molecule has 0 saturated carbocycles. The molecule has 1 aliphatic rings. The molecule has 3 heterocycles. The summed E-state index contributed by atoms with van der Waals surface area (Å²) < 4.78 is 5.55. The zero-order valence-corrected chi connectivity index (χ0v) is 17.7. The summed E-state index contributed by atoms with van der Waals surface area (Å²) in [5.41, 5.74) is 4.57. The second kappa shape index (κ2) is 8.62. The number of likely N-dealkylation sites (tertiary alicyclic amines) is 1. The van der Waals surface area contributed by atoms with Crippen LogP contribution in [0.15, 0.2) is 53.1 Å². The maximum atomic E-state index is 5.95. The van der Waals surface area contributed by atoms with Gasteiger partial charge in [-0.2, -0.15) is 4.98 Å². The van der Waals surface area contributed by atoms with Crippen LogP contribution in [0, 0.1) is 0 Å². The van der Waals surface area contributed by atoms with Crippen LogP contribution >= 0.6 is 11.6 Å². The van der Waals surface area contributed by atoms with Crippen LogP contribution in [-0.2, 0) is 19.3 Å². The maximum absolute atomic E-state index is 5.95. The van der Waals surface area contributed by atoms with E-state index in [9.17, 15) is 0 Å². The number of nitrogens with one attached hydrogen (secondary N) is 1. The quantitative estimate of drug-likeness (QED) is 0.441. The van der Waals surface area contributed by atoms with Gasteiger partial charge in [-0.15, -0.1) is 0 Å². The number of aromatic amines is 1. The largest absolute Gasteiger partial charge is 0.351 e. The Kier molecular flexibility index (Phi) is 5.56. The van der Waals surface area contributed by atoms with E-state index in [1.807, 2.05) is 24.3 Å². The lowest BCUT2D eigenvalue weighted by Crippen LogP contribution is -2.21. The number of hydrogen-bond acceptors (Lipinski definition) is 4. The van der Waals surface area contributed by atoms with Gasteiger partial charge in [0.25, 0.3) is 5.89 Å². The monoisotopic (exact) mass is 420 g/mol. The normalized spacial score (nSPS) is 14.7. The Hall–Kier alpha value is -2.63. The molecule has 0 spiro atoms. The van der Waals surface area contributed by atoms with E-state index < -0.39 is 0 Å². The molecule has 5 nitrogen and oxygen atoms in total. The SMILES string of the molecule is Clc1ccc(CCc2noc(-c3cc4c(CCN5CCCC5)cccc4[nH]3)n2)cc1. The minimum atomic E-state index is 0.544. The summed E-state index contributed by atoms with van der Waals surface area (Å²) >= 11 is 5.95. The zero-order chi connectivity index (χ0) is 20.3. The standard InChI is InChI=1S/C24H25ClN4O/c25-19-9-6-17(7-10-19)8-11-23-27-24(30-28-23)22-16-20-18(4-3-5-21(20)26-22)12-15-29-13-1-2-14-29/h3-7,9-10,16,26H,1-2,8,11-15H2. The van der Waals surface area contributed by atoms with Gasteiger partial charge in [-0.25, -0.2) is 0 Å². The van der Waals surface area contributed by atoms with E-state index in [2.05, 4.69) is 44.3 Å². The molecule has 0 amide bonds. The Morgan fingerprint density at radius 2 is 1.83 bits per heavy atom. The van der Waals surface area contributed by atoms with Crippen molar-refractivity contribution in [3.05, 3.63) is 70.5 Å². The van der Waals surface area contributed by atoms with Crippen LogP contribution in [0.1, 0.15) is 29.8 Å². The summed E-state index contributed by atoms with van der Waals surface area (Å²) in [5, 5.41) is 6.16. The molecule has 1 fully saturated rings. The highest BCUT2D eigenvalue weighted by molar-refractivity contribution is 6.30. The summed E-state index contributed by atoms with van der Waals surface area (Å²) in [6.07, 6.45) is 5.30. The van der Waals surface area contributed by atoms with Crippen molar-refractivity contribution >= 4 is 22.5 Å².